The van der Waals surface area contributed by atoms with E-state index in [9.17, 15) is 26.7 Å². The van der Waals surface area contributed by atoms with Crippen LogP contribution in [-0.2, 0) is 16.2 Å². The van der Waals surface area contributed by atoms with E-state index in [0.717, 1.165) is 22.9 Å². The highest BCUT2D eigenvalue weighted by atomic mass is 32.2. The van der Waals surface area contributed by atoms with Crippen molar-refractivity contribution in [1.29, 1.82) is 0 Å². The molecule has 1 spiro atoms. The molecule has 1 N–H and O–H groups in total. The smallest absolute Gasteiger partial charge is 0.392 e. The van der Waals surface area contributed by atoms with Crippen LogP contribution < -0.4 is 0 Å². The summed E-state index contributed by atoms with van der Waals surface area (Å²) in [6.45, 7) is 0.270. The van der Waals surface area contributed by atoms with E-state index in [-0.39, 0.29) is 13.1 Å². The predicted octanol–water partition coefficient (Wildman–Crippen LogP) is 3.02. The molecule has 134 valence electrons. The van der Waals surface area contributed by atoms with Gasteiger partial charge >= 0.3 is 6.18 Å². The minimum absolute atomic E-state index is 0.0860. The summed E-state index contributed by atoms with van der Waals surface area (Å²) in [7, 11) is -4.26. The normalized spacial score (nSPS) is 29.2. The number of sulfonamides is 1. The molecule has 1 heterocycles. The van der Waals surface area contributed by atoms with Gasteiger partial charge in [0.25, 0.3) is 0 Å². The van der Waals surface area contributed by atoms with E-state index in [1.54, 1.807) is 0 Å². The van der Waals surface area contributed by atoms with Crippen molar-refractivity contribution in [3.63, 3.8) is 0 Å². The zero-order chi connectivity index (χ0) is 17.6. The van der Waals surface area contributed by atoms with E-state index < -0.39 is 38.2 Å². The molecule has 1 aromatic carbocycles. The van der Waals surface area contributed by atoms with Gasteiger partial charge in [-0.3, -0.25) is 0 Å². The lowest BCUT2D eigenvalue weighted by Crippen LogP contribution is -2.49. The van der Waals surface area contributed by atoms with E-state index in [1.165, 1.54) is 12.1 Å². The van der Waals surface area contributed by atoms with Gasteiger partial charge in [-0.1, -0.05) is 18.6 Å². The van der Waals surface area contributed by atoms with Crippen molar-refractivity contribution in [3.05, 3.63) is 29.8 Å². The average molecular weight is 363 g/mol. The zero-order valence-electron chi connectivity index (χ0n) is 13.1. The molecular weight excluding hydrogens is 343 g/mol. The van der Waals surface area contributed by atoms with Crippen LogP contribution in [0.1, 0.15) is 37.7 Å². The maximum absolute atomic E-state index is 13.2. The second kappa shape index (κ2) is 6.00. The Morgan fingerprint density at radius 1 is 1.17 bits per heavy atom. The molecule has 0 amide bonds. The monoisotopic (exact) mass is 363 g/mol. The maximum Gasteiger partial charge on any atom is 0.417 e. The fourth-order valence-electron chi connectivity index (χ4n) is 3.98. The van der Waals surface area contributed by atoms with E-state index in [4.69, 9.17) is 0 Å². The van der Waals surface area contributed by atoms with Crippen molar-refractivity contribution in [3.8, 4) is 0 Å². The van der Waals surface area contributed by atoms with Gasteiger partial charge in [0.15, 0.2) is 0 Å². The third-order valence-electron chi connectivity index (χ3n) is 5.24. The molecule has 0 unspecified atom stereocenters. The minimum Gasteiger partial charge on any atom is -0.392 e. The average Bonchev–Trinajstić information content (AvgIpc) is 2.87. The van der Waals surface area contributed by atoms with Gasteiger partial charge in [0, 0.05) is 18.5 Å². The van der Waals surface area contributed by atoms with Gasteiger partial charge in [-0.05, 0) is 37.8 Å². The van der Waals surface area contributed by atoms with Crippen LogP contribution in [0.25, 0.3) is 0 Å². The second-order valence-electron chi connectivity index (χ2n) is 6.71. The summed E-state index contributed by atoms with van der Waals surface area (Å²) in [4.78, 5) is -0.706. The van der Waals surface area contributed by atoms with Crippen molar-refractivity contribution in [2.45, 2.75) is 49.3 Å². The molecule has 0 radical (unpaired) electrons. The highest BCUT2D eigenvalue weighted by molar-refractivity contribution is 7.89. The zero-order valence-corrected chi connectivity index (χ0v) is 13.9. The van der Waals surface area contributed by atoms with Crippen molar-refractivity contribution in [2.75, 3.05) is 13.1 Å². The van der Waals surface area contributed by atoms with E-state index in [2.05, 4.69) is 0 Å². The Morgan fingerprint density at radius 2 is 1.83 bits per heavy atom. The topological polar surface area (TPSA) is 57.6 Å². The molecule has 3 rings (SSSR count). The number of piperidine rings is 1. The number of halogens is 3. The largest absolute Gasteiger partial charge is 0.417 e. The summed E-state index contributed by atoms with van der Waals surface area (Å²) in [6.07, 6.45) is -1.92. The van der Waals surface area contributed by atoms with Crippen molar-refractivity contribution >= 4 is 10.0 Å². The third-order valence-corrected chi connectivity index (χ3v) is 7.15. The van der Waals surface area contributed by atoms with Crippen molar-refractivity contribution in [1.82, 2.24) is 4.31 Å². The Labute approximate surface area is 139 Å². The number of benzene rings is 1. The molecule has 1 saturated carbocycles. The van der Waals surface area contributed by atoms with Gasteiger partial charge in [0.05, 0.1) is 16.6 Å². The Hall–Kier alpha value is -1.12. The first-order valence-electron chi connectivity index (χ1n) is 8.01. The number of hydrogen-bond acceptors (Lipinski definition) is 3. The van der Waals surface area contributed by atoms with Gasteiger partial charge < -0.3 is 5.11 Å². The SMILES string of the molecule is O=S(=O)(c1ccccc1C(F)(F)F)N1CCC[C@]2(CCC[C@H]2O)C1. The predicted molar refractivity (Wildman–Crippen MR) is 81.7 cm³/mol. The van der Waals surface area contributed by atoms with Crippen LogP contribution in [0.3, 0.4) is 0 Å². The van der Waals surface area contributed by atoms with Crippen LogP contribution in [0, 0.1) is 5.41 Å². The third kappa shape index (κ3) is 2.95. The number of aliphatic hydroxyl groups excluding tert-OH is 1. The van der Waals surface area contributed by atoms with E-state index in [0.29, 0.717) is 25.7 Å². The second-order valence-corrected chi connectivity index (χ2v) is 8.61. The lowest BCUT2D eigenvalue weighted by atomic mass is 9.77. The van der Waals surface area contributed by atoms with Crippen LogP contribution in [0.5, 0.6) is 0 Å². The molecule has 4 nitrogen and oxygen atoms in total. The number of alkyl halides is 3. The van der Waals surface area contributed by atoms with Gasteiger partial charge in [-0.25, -0.2) is 8.42 Å². The van der Waals surface area contributed by atoms with Gasteiger partial charge in [0.2, 0.25) is 10.0 Å². The summed E-state index contributed by atoms with van der Waals surface area (Å²) < 4.78 is 66.4. The Morgan fingerprint density at radius 3 is 2.46 bits per heavy atom. The summed E-state index contributed by atoms with van der Waals surface area (Å²) in [5, 5.41) is 10.2. The maximum atomic E-state index is 13.2. The number of nitrogens with zero attached hydrogens (tertiary/aromatic N) is 1. The van der Waals surface area contributed by atoms with Crippen LogP contribution in [0.2, 0.25) is 0 Å². The van der Waals surface area contributed by atoms with Crippen molar-refractivity contribution in [2.24, 2.45) is 5.41 Å². The lowest BCUT2D eigenvalue weighted by molar-refractivity contribution is -0.139. The van der Waals surface area contributed by atoms with Gasteiger partial charge in [0.1, 0.15) is 0 Å². The Bertz CT molecular complexity index is 720. The van der Waals surface area contributed by atoms with Crippen LogP contribution in [-0.4, -0.2) is 37.0 Å². The first-order chi connectivity index (χ1) is 11.2. The number of hydrogen-bond donors (Lipinski definition) is 1. The highest BCUT2D eigenvalue weighted by Gasteiger charge is 2.48. The molecule has 2 fully saturated rings. The standard InChI is InChI=1S/C16H20F3NO3S/c17-16(18,19)12-5-1-2-6-13(12)24(22,23)20-10-4-9-15(11-20)8-3-7-14(15)21/h1-2,5-6,14,21H,3-4,7-11H2/t14-,15-/m1/s1. The highest BCUT2D eigenvalue weighted by Crippen LogP contribution is 2.46. The summed E-state index contributed by atoms with van der Waals surface area (Å²) in [5.74, 6) is 0. The molecule has 0 bridgehead atoms. The van der Waals surface area contributed by atoms with E-state index in [1.807, 2.05) is 0 Å². The van der Waals surface area contributed by atoms with E-state index >= 15 is 0 Å². The molecule has 0 aromatic heterocycles. The molecule has 2 atom stereocenters. The molecule has 1 aromatic rings. The fourth-order valence-corrected chi connectivity index (χ4v) is 5.77. The molecule has 8 heteroatoms. The first-order valence-corrected chi connectivity index (χ1v) is 9.45. The molecule has 1 aliphatic carbocycles. The van der Waals surface area contributed by atoms with Crippen LogP contribution >= 0.6 is 0 Å². The van der Waals surface area contributed by atoms with Crippen molar-refractivity contribution < 1.29 is 26.7 Å². The fraction of sp³-hybridized carbons (Fsp3) is 0.625. The summed E-state index contributed by atoms with van der Waals surface area (Å²) in [5.41, 5.74) is -1.66. The van der Waals surface area contributed by atoms with Crippen LogP contribution in [0.15, 0.2) is 29.2 Å². The van der Waals surface area contributed by atoms with Crippen LogP contribution in [0.4, 0.5) is 13.2 Å². The Kier molecular flexibility index (Phi) is 4.42. The number of rotatable bonds is 2. The molecule has 1 aliphatic heterocycles. The van der Waals surface area contributed by atoms with Gasteiger partial charge in [-0.15, -0.1) is 0 Å². The lowest BCUT2D eigenvalue weighted by Gasteiger charge is -2.42. The molecule has 2 aliphatic rings. The minimum atomic E-state index is -4.73. The quantitative estimate of drug-likeness (QED) is 0.879. The molecule has 1 saturated heterocycles. The first kappa shape index (κ1) is 17.7. The Balaban J connectivity index is 1.97. The number of aliphatic hydroxyl groups is 1. The van der Waals surface area contributed by atoms with Gasteiger partial charge in [-0.2, -0.15) is 17.5 Å². The summed E-state index contributed by atoms with van der Waals surface area (Å²) in [6, 6.07) is 4.27. The molecule has 24 heavy (non-hydrogen) atoms. The molecular formula is C16H20F3NO3S. The summed E-state index contributed by atoms with van der Waals surface area (Å²) >= 11 is 0.